The highest BCUT2D eigenvalue weighted by molar-refractivity contribution is 5.02. The normalized spacial score (nSPS) is 32.7. The molecule has 0 spiro atoms. The second kappa shape index (κ2) is 4.63. The molecule has 2 heterocycles. The maximum Gasteiger partial charge on any atom is 0.147 e. The van der Waals surface area contributed by atoms with Crippen molar-refractivity contribution in [1.29, 1.82) is 0 Å². The summed E-state index contributed by atoms with van der Waals surface area (Å²) >= 11 is 0. The lowest BCUT2D eigenvalue weighted by molar-refractivity contribution is 0.0642. The Morgan fingerprint density at radius 3 is 3.11 bits per heavy atom. The number of nitrogens with two attached hydrogens (primary N) is 1. The van der Waals surface area contributed by atoms with Gasteiger partial charge in [0, 0.05) is 25.2 Å². The van der Waals surface area contributed by atoms with Gasteiger partial charge in [-0.3, -0.25) is 4.90 Å². The second-order valence-electron chi connectivity index (χ2n) is 5.81. The predicted molar refractivity (Wildman–Crippen MR) is 69.8 cm³/mol. The van der Waals surface area contributed by atoms with E-state index in [1.165, 1.54) is 25.7 Å². The fraction of sp³-hybridized carbons (Fsp3) is 0.846. The minimum absolute atomic E-state index is 0.220. The predicted octanol–water partition coefficient (Wildman–Crippen LogP) is 1.00. The summed E-state index contributed by atoms with van der Waals surface area (Å²) in [6.07, 6.45) is 6.96. The number of hydrogen-bond acceptors (Lipinski definition) is 4. The zero-order valence-corrected chi connectivity index (χ0v) is 11.2. The molecule has 0 amide bonds. The van der Waals surface area contributed by atoms with E-state index < -0.39 is 0 Å². The Labute approximate surface area is 108 Å². The molecule has 3 rings (SSSR count). The fourth-order valence-electron chi connectivity index (χ4n) is 3.64. The maximum atomic E-state index is 6.13. The summed E-state index contributed by atoms with van der Waals surface area (Å²) in [5, 5.41) is 8.21. The molecule has 0 aromatic carbocycles. The van der Waals surface area contributed by atoms with Crippen LogP contribution in [-0.4, -0.2) is 38.3 Å². The van der Waals surface area contributed by atoms with Gasteiger partial charge in [-0.2, -0.15) is 0 Å². The molecule has 0 saturated heterocycles. The second-order valence-corrected chi connectivity index (χ2v) is 5.81. The van der Waals surface area contributed by atoms with Crippen LogP contribution in [0.25, 0.3) is 0 Å². The molecule has 18 heavy (non-hydrogen) atoms. The first-order valence-electron chi connectivity index (χ1n) is 7.09. The summed E-state index contributed by atoms with van der Waals surface area (Å²) in [4.78, 5) is 2.56. The van der Waals surface area contributed by atoms with Crippen molar-refractivity contribution in [3.63, 3.8) is 0 Å². The molecule has 100 valence electrons. The fourth-order valence-corrected chi connectivity index (χ4v) is 3.64. The quantitative estimate of drug-likeness (QED) is 0.868. The SMILES string of the molecule is CCC1CCC(CN)(N2CCn3cnnc3C2)C1. The van der Waals surface area contributed by atoms with E-state index in [-0.39, 0.29) is 5.54 Å². The molecule has 0 radical (unpaired) electrons. The Kier molecular flexibility index (Phi) is 3.11. The minimum Gasteiger partial charge on any atom is -0.329 e. The van der Waals surface area contributed by atoms with E-state index in [4.69, 9.17) is 5.73 Å². The van der Waals surface area contributed by atoms with Crippen LogP contribution in [0.2, 0.25) is 0 Å². The highest BCUT2D eigenvalue weighted by Crippen LogP contribution is 2.41. The summed E-state index contributed by atoms with van der Waals surface area (Å²) in [5.74, 6) is 1.95. The lowest BCUT2D eigenvalue weighted by Crippen LogP contribution is -2.54. The number of nitrogens with zero attached hydrogens (tertiary/aromatic N) is 4. The lowest BCUT2D eigenvalue weighted by Gasteiger charge is -2.42. The Hall–Kier alpha value is -0.940. The largest absolute Gasteiger partial charge is 0.329 e. The van der Waals surface area contributed by atoms with Crippen LogP contribution in [-0.2, 0) is 13.1 Å². The van der Waals surface area contributed by atoms with Crippen LogP contribution in [0.5, 0.6) is 0 Å². The molecule has 2 unspecified atom stereocenters. The van der Waals surface area contributed by atoms with Crippen molar-refractivity contribution in [3.05, 3.63) is 12.2 Å². The maximum absolute atomic E-state index is 6.13. The number of hydrogen-bond donors (Lipinski definition) is 1. The Morgan fingerprint density at radius 1 is 1.50 bits per heavy atom. The van der Waals surface area contributed by atoms with E-state index in [2.05, 4.69) is 26.6 Å². The molecular formula is C13H23N5. The number of rotatable bonds is 3. The molecule has 5 nitrogen and oxygen atoms in total. The van der Waals surface area contributed by atoms with Gasteiger partial charge in [0.15, 0.2) is 0 Å². The smallest absolute Gasteiger partial charge is 0.147 e. The molecule has 5 heteroatoms. The van der Waals surface area contributed by atoms with E-state index in [9.17, 15) is 0 Å². The van der Waals surface area contributed by atoms with E-state index in [0.29, 0.717) is 0 Å². The Balaban J connectivity index is 1.78. The first-order chi connectivity index (χ1) is 8.77. The van der Waals surface area contributed by atoms with Crippen LogP contribution in [0.1, 0.15) is 38.4 Å². The van der Waals surface area contributed by atoms with Crippen LogP contribution in [0.15, 0.2) is 6.33 Å². The standard InChI is InChI=1S/C13H23N5/c1-2-11-3-4-13(7-11,9-14)18-6-5-17-10-15-16-12(17)8-18/h10-11H,2-9,14H2,1H3. The van der Waals surface area contributed by atoms with Crippen molar-refractivity contribution in [1.82, 2.24) is 19.7 Å². The van der Waals surface area contributed by atoms with Gasteiger partial charge in [0.2, 0.25) is 0 Å². The van der Waals surface area contributed by atoms with Crippen molar-refractivity contribution in [3.8, 4) is 0 Å². The minimum atomic E-state index is 0.220. The van der Waals surface area contributed by atoms with Crippen molar-refractivity contribution in [2.24, 2.45) is 11.7 Å². The molecule has 2 atom stereocenters. The average Bonchev–Trinajstić information content (AvgIpc) is 3.05. The van der Waals surface area contributed by atoms with E-state index in [1.54, 1.807) is 0 Å². The van der Waals surface area contributed by atoms with Crippen LogP contribution in [0.3, 0.4) is 0 Å². The van der Waals surface area contributed by atoms with E-state index in [1.807, 2.05) is 6.33 Å². The summed E-state index contributed by atoms with van der Waals surface area (Å²) in [5.41, 5.74) is 6.35. The monoisotopic (exact) mass is 249 g/mol. The molecule has 0 bridgehead atoms. The third-order valence-electron chi connectivity index (χ3n) is 4.95. The first kappa shape index (κ1) is 12.1. The Bertz CT molecular complexity index is 415. The van der Waals surface area contributed by atoms with Crippen molar-refractivity contribution in [2.45, 2.75) is 51.2 Å². The van der Waals surface area contributed by atoms with Gasteiger partial charge in [0.05, 0.1) is 6.54 Å². The van der Waals surface area contributed by atoms with E-state index in [0.717, 1.165) is 37.9 Å². The summed E-state index contributed by atoms with van der Waals surface area (Å²) < 4.78 is 2.16. The molecule has 1 aliphatic carbocycles. The molecular weight excluding hydrogens is 226 g/mol. The van der Waals surface area contributed by atoms with Crippen LogP contribution < -0.4 is 5.73 Å². The van der Waals surface area contributed by atoms with Gasteiger partial charge >= 0.3 is 0 Å². The van der Waals surface area contributed by atoms with Gasteiger partial charge in [-0.15, -0.1) is 10.2 Å². The zero-order chi connectivity index (χ0) is 12.6. The highest BCUT2D eigenvalue weighted by Gasteiger charge is 2.43. The third kappa shape index (κ3) is 1.86. The molecule has 2 aliphatic rings. The van der Waals surface area contributed by atoms with Gasteiger partial charge in [0.1, 0.15) is 12.2 Å². The molecule has 2 N–H and O–H groups in total. The lowest BCUT2D eigenvalue weighted by atomic mass is 9.92. The van der Waals surface area contributed by atoms with Crippen molar-refractivity contribution >= 4 is 0 Å². The Morgan fingerprint density at radius 2 is 2.39 bits per heavy atom. The highest BCUT2D eigenvalue weighted by atomic mass is 15.3. The van der Waals surface area contributed by atoms with Crippen LogP contribution >= 0.6 is 0 Å². The summed E-state index contributed by atoms with van der Waals surface area (Å²) in [7, 11) is 0. The number of fused-ring (bicyclic) bond motifs is 1. The average molecular weight is 249 g/mol. The molecule has 1 aliphatic heterocycles. The molecule has 1 aromatic heterocycles. The topological polar surface area (TPSA) is 60.0 Å². The zero-order valence-electron chi connectivity index (χ0n) is 11.2. The van der Waals surface area contributed by atoms with Crippen molar-refractivity contribution in [2.75, 3.05) is 13.1 Å². The van der Waals surface area contributed by atoms with Gasteiger partial charge in [-0.25, -0.2) is 0 Å². The van der Waals surface area contributed by atoms with Gasteiger partial charge in [-0.05, 0) is 25.2 Å². The van der Waals surface area contributed by atoms with E-state index >= 15 is 0 Å². The third-order valence-corrected chi connectivity index (χ3v) is 4.95. The number of aromatic nitrogens is 3. The first-order valence-corrected chi connectivity index (χ1v) is 7.09. The van der Waals surface area contributed by atoms with Gasteiger partial charge in [-0.1, -0.05) is 13.3 Å². The van der Waals surface area contributed by atoms with Crippen molar-refractivity contribution < 1.29 is 0 Å². The molecule has 1 aromatic rings. The van der Waals surface area contributed by atoms with Gasteiger partial charge in [0.25, 0.3) is 0 Å². The van der Waals surface area contributed by atoms with Crippen LogP contribution in [0.4, 0.5) is 0 Å². The van der Waals surface area contributed by atoms with Gasteiger partial charge < -0.3 is 10.3 Å². The molecule has 1 fully saturated rings. The summed E-state index contributed by atoms with van der Waals surface area (Å²) in [6, 6.07) is 0. The molecule has 1 saturated carbocycles. The summed E-state index contributed by atoms with van der Waals surface area (Å²) in [6.45, 7) is 6.06. The van der Waals surface area contributed by atoms with Crippen LogP contribution in [0, 0.1) is 5.92 Å².